The molecule has 0 aliphatic rings. The van der Waals surface area contributed by atoms with Crippen molar-refractivity contribution in [2.24, 2.45) is 0 Å². The zero-order valence-electron chi connectivity index (χ0n) is 14.7. The van der Waals surface area contributed by atoms with Crippen LogP contribution < -0.4 is 10.6 Å². The molecule has 3 aromatic rings. The largest absolute Gasteiger partial charge is 0.464 e. The third-order valence-electron chi connectivity index (χ3n) is 3.70. The van der Waals surface area contributed by atoms with Crippen molar-refractivity contribution in [3.05, 3.63) is 54.7 Å². The predicted molar refractivity (Wildman–Crippen MR) is 96.5 cm³/mol. The molecule has 2 heterocycles. The molecule has 0 saturated carbocycles. The molecular weight excluding hydrogens is 350 g/mol. The van der Waals surface area contributed by atoms with Gasteiger partial charge in [-0.1, -0.05) is 0 Å². The Morgan fingerprint density at radius 2 is 1.81 bits per heavy atom. The average Bonchev–Trinajstić information content (AvgIpc) is 3.23. The fourth-order valence-corrected chi connectivity index (χ4v) is 2.18. The Kier molecular flexibility index (Phi) is 5.36. The summed E-state index contributed by atoms with van der Waals surface area (Å²) in [5.74, 6) is -0.279. The minimum absolute atomic E-state index is 0.127. The van der Waals surface area contributed by atoms with Crippen LogP contribution in [0, 0.1) is 0 Å². The van der Waals surface area contributed by atoms with Crippen LogP contribution in [0.5, 0.6) is 0 Å². The maximum absolute atomic E-state index is 12.2. The Hall–Kier alpha value is -3.82. The number of ether oxygens (including phenoxy) is 1. The van der Waals surface area contributed by atoms with E-state index >= 15 is 0 Å². The molecule has 0 spiro atoms. The number of methoxy groups -OCH3 is 1. The summed E-state index contributed by atoms with van der Waals surface area (Å²) in [6, 6.07) is 9.73. The molecule has 10 heteroatoms. The molecule has 1 aromatic carbocycles. The number of aromatic nitrogens is 5. The average molecular weight is 367 g/mol. The van der Waals surface area contributed by atoms with Crippen LogP contribution >= 0.6 is 0 Å². The number of benzene rings is 1. The molecule has 2 N–H and O–H groups in total. The minimum Gasteiger partial charge on any atom is -0.464 e. The number of hydrogen-bond donors (Lipinski definition) is 2. The molecule has 1 atom stereocenters. The van der Waals surface area contributed by atoms with Gasteiger partial charge in [0.2, 0.25) is 5.91 Å². The lowest BCUT2D eigenvalue weighted by atomic mass is 10.2. The summed E-state index contributed by atoms with van der Waals surface area (Å²) in [4.78, 5) is 27.4. The molecule has 0 aliphatic carbocycles. The molecule has 0 radical (unpaired) electrons. The number of amides is 1. The van der Waals surface area contributed by atoms with Crippen LogP contribution in [0.3, 0.4) is 0 Å². The quantitative estimate of drug-likeness (QED) is 0.632. The summed E-state index contributed by atoms with van der Waals surface area (Å²) in [7, 11) is 1.28. The molecule has 10 nitrogen and oxygen atoms in total. The molecule has 0 saturated heterocycles. The number of carbonyl (C=O) groups is 2. The summed E-state index contributed by atoms with van der Waals surface area (Å²) in [5.41, 5.74) is 1.52. The Morgan fingerprint density at radius 3 is 2.41 bits per heavy atom. The van der Waals surface area contributed by atoms with E-state index in [0.717, 1.165) is 5.69 Å². The third kappa shape index (κ3) is 4.42. The third-order valence-corrected chi connectivity index (χ3v) is 3.70. The van der Waals surface area contributed by atoms with E-state index in [1.807, 2.05) is 0 Å². The van der Waals surface area contributed by atoms with Crippen LogP contribution in [-0.4, -0.2) is 43.9 Å². The lowest BCUT2D eigenvalue weighted by Crippen LogP contribution is -2.23. The number of rotatable bonds is 6. The lowest BCUT2D eigenvalue weighted by Gasteiger charge is -2.12. The Labute approximate surface area is 154 Å². The van der Waals surface area contributed by atoms with Crippen molar-refractivity contribution in [1.29, 1.82) is 0 Å². The van der Waals surface area contributed by atoms with Gasteiger partial charge in [0.1, 0.15) is 18.7 Å². The highest BCUT2D eigenvalue weighted by atomic mass is 16.5. The standard InChI is InChI=1S/C17H17N7O3/c1-11(24-10-18-9-19-24)16(25)21-13-5-3-12(4-6-13)20-15-8-7-14(22-23-15)17(26)27-2/h3-11H,1-2H3,(H,20,23)(H,21,25)/t11-/m0/s1. The molecular formula is C17H17N7O3. The predicted octanol–water partition coefficient (Wildman–Crippen LogP) is 1.80. The maximum atomic E-state index is 12.2. The van der Waals surface area contributed by atoms with Crippen molar-refractivity contribution >= 4 is 29.1 Å². The SMILES string of the molecule is COC(=O)c1ccc(Nc2ccc(NC(=O)[C@H](C)n3cncn3)cc2)nn1. The molecule has 0 bridgehead atoms. The van der Waals surface area contributed by atoms with E-state index in [0.29, 0.717) is 11.5 Å². The molecule has 138 valence electrons. The van der Waals surface area contributed by atoms with Gasteiger partial charge in [-0.25, -0.2) is 14.5 Å². The number of anilines is 3. The smallest absolute Gasteiger partial charge is 0.358 e. The van der Waals surface area contributed by atoms with E-state index in [4.69, 9.17) is 0 Å². The molecule has 0 aliphatic heterocycles. The van der Waals surface area contributed by atoms with Crippen molar-refractivity contribution in [1.82, 2.24) is 25.0 Å². The van der Waals surface area contributed by atoms with Gasteiger partial charge >= 0.3 is 5.97 Å². The van der Waals surface area contributed by atoms with Gasteiger partial charge in [0.25, 0.3) is 0 Å². The van der Waals surface area contributed by atoms with E-state index in [-0.39, 0.29) is 11.6 Å². The van der Waals surface area contributed by atoms with Crippen LogP contribution in [0.2, 0.25) is 0 Å². The zero-order valence-corrected chi connectivity index (χ0v) is 14.7. The highest BCUT2D eigenvalue weighted by Crippen LogP contribution is 2.18. The molecule has 1 amide bonds. The fourth-order valence-electron chi connectivity index (χ4n) is 2.18. The second kappa shape index (κ2) is 8.04. The summed E-state index contributed by atoms with van der Waals surface area (Å²) in [6.07, 6.45) is 2.87. The second-order valence-corrected chi connectivity index (χ2v) is 5.54. The van der Waals surface area contributed by atoms with Gasteiger partial charge in [-0.15, -0.1) is 10.2 Å². The lowest BCUT2D eigenvalue weighted by molar-refractivity contribution is -0.119. The monoisotopic (exact) mass is 367 g/mol. The Morgan fingerprint density at radius 1 is 1.07 bits per heavy atom. The van der Waals surface area contributed by atoms with Gasteiger partial charge in [0, 0.05) is 11.4 Å². The first kappa shape index (κ1) is 18.0. The summed E-state index contributed by atoms with van der Waals surface area (Å²) >= 11 is 0. The number of nitrogens with zero attached hydrogens (tertiary/aromatic N) is 5. The van der Waals surface area contributed by atoms with E-state index in [1.165, 1.54) is 30.5 Å². The van der Waals surface area contributed by atoms with Gasteiger partial charge < -0.3 is 15.4 Å². The zero-order chi connectivity index (χ0) is 19.2. The van der Waals surface area contributed by atoms with Crippen LogP contribution in [0.25, 0.3) is 0 Å². The summed E-state index contributed by atoms with van der Waals surface area (Å²) in [5, 5.41) is 17.5. The van der Waals surface area contributed by atoms with E-state index in [2.05, 4.69) is 35.7 Å². The van der Waals surface area contributed by atoms with Crippen LogP contribution in [0.15, 0.2) is 49.1 Å². The van der Waals surface area contributed by atoms with E-state index in [9.17, 15) is 9.59 Å². The molecule has 2 aromatic heterocycles. The van der Waals surface area contributed by atoms with E-state index < -0.39 is 12.0 Å². The first-order valence-electron chi connectivity index (χ1n) is 8.01. The van der Waals surface area contributed by atoms with Gasteiger partial charge in [0.15, 0.2) is 11.5 Å². The van der Waals surface area contributed by atoms with Gasteiger partial charge in [-0.05, 0) is 43.3 Å². The van der Waals surface area contributed by atoms with Crippen LogP contribution in [-0.2, 0) is 9.53 Å². The minimum atomic E-state index is -0.547. The highest BCUT2D eigenvalue weighted by molar-refractivity contribution is 5.93. The molecule has 3 rings (SSSR count). The first-order chi connectivity index (χ1) is 13.1. The molecule has 0 unspecified atom stereocenters. The van der Waals surface area contributed by atoms with Crippen LogP contribution in [0.4, 0.5) is 17.2 Å². The van der Waals surface area contributed by atoms with Crippen molar-refractivity contribution < 1.29 is 14.3 Å². The van der Waals surface area contributed by atoms with Crippen molar-refractivity contribution in [3.63, 3.8) is 0 Å². The Bertz CT molecular complexity index is 909. The van der Waals surface area contributed by atoms with Crippen molar-refractivity contribution in [2.45, 2.75) is 13.0 Å². The number of carbonyl (C=O) groups excluding carboxylic acids is 2. The topological polar surface area (TPSA) is 124 Å². The molecule has 0 fully saturated rings. The van der Waals surface area contributed by atoms with Crippen molar-refractivity contribution in [2.75, 3.05) is 17.7 Å². The van der Waals surface area contributed by atoms with E-state index in [1.54, 1.807) is 37.3 Å². The maximum Gasteiger partial charge on any atom is 0.358 e. The summed E-state index contributed by atoms with van der Waals surface area (Å²) < 4.78 is 6.05. The summed E-state index contributed by atoms with van der Waals surface area (Å²) in [6.45, 7) is 1.73. The number of hydrogen-bond acceptors (Lipinski definition) is 8. The van der Waals surface area contributed by atoms with Crippen molar-refractivity contribution in [3.8, 4) is 0 Å². The normalized spacial score (nSPS) is 11.5. The molecule has 27 heavy (non-hydrogen) atoms. The second-order valence-electron chi connectivity index (χ2n) is 5.54. The highest BCUT2D eigenvalue weighted by Gasteiger charge is 2.15. The Balaban J connectivity index is 1.60. The van der Waals surface area contributed by atoms with Gasteiger partial charge in [-0.3, -0.25) is 4.79 Å². The first-order valence-corrected chi connectivity index (χ1v) is 8.01. The van der Waals surface area contributed by atoms with Gasteiger partial charge in [0.05, 0.1) is 7.11 Å². The van der Waals surface area contributed by atoms with Gasteiger partial charge in [-0.2, -0.15) is 5.10 Å². The number of nitrogens with one attached hydrogen (secondary N) is 2. The number of esters is 1. The van der Waals surface area contributed by atoms with Crippen LogP contribution in [0.1, 0.15) is 23.5 Å². The fraction of sp³-hybridized carbons (Fsp3) is 0.176.